The maximum Gasteiger partial charge on any atom is 0.224 e. The minimum absolute atomic E-state index is 0. The molecule has 0 radical (unpaired) electrons. The number of hydrogen-bond acceptors (Lipinski definition) is 3. The van der Waals surface area contributed by atoms with Gasteiger partial charge in [-0.1, -0.05) is 18.2 Å². The van der Waals surface area contributed by atoms with Crippen molar-refractivity contribution in [3.8, 4) is 5.69 Å². The standard InChI is InChI=1S/C16H20N4O.ClH/c21-16(19-14-6-8-17-9-7-14)10-13-11-18-20(12-13)15-4-2-1-3-5-15;/h1-5,11-12,14,17H,6-10H2,(H,19,21);1H. The van der Waals surface area contributed by atoms with E-state index in [1.165, 1.54) is 0 Å². The average Bonchev–Trinajstić information content (AvgIpc) is 2.97. The number of hydrogen-bond donors (Lipinski definition) is 2. The first-order valence-corrected chi connectivity index (χ1v) is 7.40. The number of para-hydroxylation sites is 1. The maximum atomic E-state index is 12.1. The summed E-state index contributed by atoms with van der Waals surface area (Å²) in [6.07, 6.45) is 6.08. The summed E-state index contributed by atoms with van der Waals surface area (Å²) >= 11 is 0. The summed E-state index contributed by atoms with van der Waals surface area (Å²) in [6, 6.07) is 10.2. The number of carbonyl (C=O) groups excluding carboxylic acids is 1. The Morgan fingerprint density at radius 1 is 1.27 bits per heavy atom. The zero-order valence-corrected chi connectivity index (χ0v) is 13.2. The predicted molar refractivity (Wildman–Crippen MR) is 88.6 cm³/mol. The number of halogens is 1. The van der Waals surface area contributed by atoms with Crippen molar-refractivity contribution in [3.05, 3.63) is 48.3 Å². The molecule has 1 fully saturated rings. The Morgan fingerprint density at radius 3 is 2.73 bits per heavy atom. The van der Waals surface area contributed by atoms with Crippen molar-refractivity contribution in [1.29, 1.82) is 0 Å². The third-order valence-corrected chi connectivity index (χ3v) is 3.73. The van der Waals surface area contributed by atoms with Gasteiger partial charge in [0.1, 0.15) is 0 Å². The highest BCUT2D eigenvalue weighted by molar-refractivity contribution is 5.85. The fourth-order valence-corrected chi connectivity index (χ4v) is 2.60. The van der Waals surface area contributed by atoms with Gasteiger partial charge in [-0.05, 0) is 43.6 Å². The Labute approximate surface area is 136 Å². The van der Waals surface area contributed by atoms with Gasteiger partial charge in [0.15, 0.2) is 0 Å². The molecular weight excluding hydrogens is 300 g/mol. The first kappa shape index (κ1) is 16.5. The molecule has 5 nitrogen and oxygen atoms in total. The van der Waals surface area contributed by atoms with Crippen LogP contribution in [0.15, 0.2) is 42.7 Å². The molecule has 2 N–H and O–H groups in total. The molecule has 1 aliphatic rings. The predicted octanol–water partition coefficient (Wildman–Crippen LogP) is 1.70. The van der Waals surface area contributed by atoms with Crippen LogP contribution in [0.2, 0.25) is 0 Å². The van der Waals surface area contributed by atoms with Gasteiger partial charge in [0.05, 0.1) is 18.3 Å². The van der Waals surface area contributed by atoms with Crippen molar-refractivity contribution in [2.24, 2.45) is 0 Å². The van der Waals surface area contributed by atoms with Crippen molar-refractivity contribution < 1.29 is 4.79 Å². The summed E-state index contributed by atoms with van der Waals surface area (Å²) in [5.74, 6) is 0.0783. The molecule has 0 unspecified atom stereocenters. The second-order valence-electron chi connectivity index (χ2n) is 5.40. The second-order valence-corrected chi connectivity index (χ2v) is 5.40. The van der Waals surface area contributed by atoms with E-state index in [9.17, 15) is 4.79 Å². The van der Waals surface area contributed by atoms with Crippen LogP contribution in [0.5, 0.6) is 0 Å². The lowest BCUT2D eigenvalue weighted by Gasteiger charge is -2.23. The Bertz CT molecular complexity index is 593. The highest BCUT2D eigenvalue weighted by Crippen LogP contribution is 2.09. The number of piperidine rings is 1. The first-order valence-electron chi connectivity index (χ1n) is 7.40. The van der Waals surface area contributed by atoms with Crippen LogP contribution in [0.25, 0.3) is 5.69 Å². The zero-order chi connectivity index (χ0) is 14.5. The molecule has 3 rings (SSSR count). The van der Waals surface area contributed by atoms with Gasteiger partial charge in [-0.2, -0.15) is 5.10 Å². The molecule has 0 bridgehead atoms. The van der Waals surface area contributed by atoms with Gasteiger partial charge < -0.3 is 10.6 Å². The van der Waals surface area contributed by atoms with E-state index in [0.29, 0.717) is 12.5 Å². The van der Waals surface area contributed by atoms with Crippen LogP contribution < -0.4 is 10.6 Å². The van der Waals surface area contributed by atoms with E-state index < -0.39 is 0 Å². The number of carbonyl (C=O) groups is 1. The molecule has 0 saturated carbocycles. The van der Waals surface area contributed by atoms with E-state index >= 15 is 0 Å². The highest BCUT2D eigenvalue weighted by atomic mass is 35.5. The number of amides is 1. The molecule has 1 aromatic carbocycles. The monoisotopic (exact) mass is 320 g/mol. The van der Waals surface area contributed by atoms with E-state index in [4.69, 9.17) is 0 Å². The SMILES string of the molecule is Cl.O=C(Cc1cnn(-c2ccccc2)c1)NC1CCNCC1. The average molecular weight is 321 g/mol. The Morgan fingerprint density at radius 2 is 2.00 bits per heavy atom. The quantitative estimate of drug-likeness (QED) is 0.901. The molecule has 1 amide bonds. The molecule has 1 aliphatic heterocycles. The molecule has 1 saturated heterocycles. The third kappa shape index (κ3) is 4.32. The molecule has 0 spiro atoms. The van der Waals surface area contributed by atoms with Crippen molar-refractivity contribution >= 4 is 18.3 Å². The van der Waals surface area contributed by atoms with Crippen LogP contribution in [0.1, 0.15) is 18.4 Å². The van der Waals surface area contributed by atoms with E-state index in [2.05, 4.69) is 15.7 Å². The van der Waals surface area contributed by atoms with Crippen LogP contribution in [-0.2, 0) is 11.2 Å². The summed E-state index contributed by atoms with van der Waals surface area (Å²) in [4.78, 5) is 12.1. The number of aromatic nitrogens is 2. The Hall–Kier alpha value is -1.85. The molecular formula is C16H21ClN4O. The lowest BCUT2D eigenvalue weighted by Crippen LogP contribution is -2.43. The summed E-state index contributed by atoms with van der Waals surface area (Å²) in [5, 5.41) is 10.7. The van der Waals surface area contributed by atoms with Gasteiger partial charge in [0, 0.05) is 12.2 Å². The van der Waals surface area contributed by atoms with Crippen LogP contribution in [0, 0.1) is 0 Å². The van der Waals surface area contributed by atoms with Crippen LogP contribution >= 0.6 is 12.4 Å². The fraction of sp³-hybridized carbons (Fsp3) is 0.375. The molecule has 118 valence electrons. The number of nitrogens with zero attached hydrogens (tertiary/aromatic N) is 2. The van der Waals surface area contributed by atoms with E-state index in [-0.39, 0.29) is 18.3 Å². The topological polar surface area (TPSA) is 59.0 Å². The Balaban J connectivity index is 0.00000176. The van der Waals surface area contributed by atoms with Crippen molar-refractivity contribution in [1.82, 2.24) is 20.4 Å². The van der Waals surface area contributed by atoms with Gasteiger partial charge in [-0.25, -0.2) is 4.68 Å². The third-order valence-electron chi connectivity index (χ3n) is 3.73. The minimum atomic E-state index is 0. The maximum absolute atomic E-state index is 12.1. The molecule has 22 heavy (non-hydrogen) atoms. The van der Waals surface area contributed by atoms with Gasteiger partial charge >= 0.3 is 0 Å². The van der Waals surface area contributed by atoms with Crippen LogP contribution in [0.4, 0.5) is 0 Å². The lowest BCUT2D eigenvalue weighted by atomic mass is 10.1. The van der Waals surface area contributed by atoms with Crippen molar-refractivity contribution in [2.75, 3.05) is 13.1 Å². The number of nitrogens with one attached hydrogen (secondary N) is 2. The fourth-order valence-electron chi connectivity index (χ4n) is 2.60. The molecule has 2 heterocycles. The van der Waals surface area contributed by atoms with Gasteiger partial charge in [-0.15, -0.1) is 12.4 Å². The molecule has 6 heteroatoms. The van der Waals surface area contributed by atoms with Gasteiger partial charge in [0.25, 0.3) is 0 Å². The summed E-state index contributed by atoms with van der Waals surface area (Å²) in [7, 11) is 0. The largest absolute Gasteiger partial charge is 0.353 e. The van der Waals surface area contributed by atoms with E-state index in [0.717, 1.165) is 37.2 Å². The molecule has 0 aliphatic carbocycles. The normalized spacial score (nSPS) is 15.1. The first-order chi connectivity index (χ1) is 10.3. The second kappa shape index (κ2) is 7.96. The lowest BCUT2D eigenvalue weighted by molar-refractivity contribution is -0.121. The number of benzene rings is 1. The summed E-state index contributed by atoms with van der Waals surface area (Å²) in [6.45, 7) is 1.97. The number of rotatable bonds is 4. The van der Waals surface area contributed by atoms with E-state index in [1.54, 1.807) is 10.9 Å². The zero-order valence-electron chi connectivity index (χ0n) is 12.4. The molecule has 2 aromatic rings. The van der Waals surface area contributed by atoms with Crippen LogP contribution in [-0.4, -0.2) is 34.8 Å². The van der Waals surface area contributed by atoms with E-state index in [1.807, 2.05) is 36.5 Å². The highest BCUT2D eigenvalue weighted by Gasteiger charge is 2.15. The summed E-state index contributed by atoms with van der Waals surface area (Å²) in [5.41, 5.74) is 1.94. The molecule has 1 aromatic heterocycles. The summed E-state index contributed by atoms with van der Waals surface area (Å²) < 4.78 is 1.80. The van der Waals surface area contributed by atoms with Crippen molar-refractivity contribution in [2.45, 2.75) is 25.3 Å². The van der Waals surface area contributed by atoms with Gasteiger partial charge in [-0.3, -0.25) is 4.79 Å². The minimum Gasteiger partial charge on any atom is -0.353 e. The van der Waals surface area contributed by atoms with Gasteiger partial charge in [0.2, 0.25) is 5.91 Å². The Kier molecular flexibility index (Phi) is 5.98. The smallest absolute Gasteiger partial charge is 0.224 e. The molecule has 0 atom stereocenters. The van der Waals surface area contributed by atoms with Crippen molar-refractivity contribution in [3.63, 3.8) is 0 Å². The van der Waals surface area contributed by atoms with Crippen LogP contribution in [0.3, 0.4) is 0 Å².